The molecule has 3 aromatic carbocycles. The smallest absolute Gasteiger partial charge is 0.272 e. The van der Waals surface area contributed by atoms with Crippen LogP contribution in [0.1, 0.15) is 34.8 Å². The molecular weight excluding hydrogens is 520 g/mol. The summed E-state index contributed by atoms with van der Waals surface area (Å²) < 4.78 is 0. The van der Waals surface area contributed by atoms with Gasteiger partial charge in [0.1, 0.15) is 5.70 Å². The summed E-state index contributed by atoms with van der Waals surface area (Å²) in [5.41, 5.74) is 3.53. The molecule has 3 amide bonds. The van der Waals surface area contributed by atoms with Crippen LogP contribution >= 0.6 is 11.8 Å². The molecule has 1 atom stereocenters. The quantitative estimate of drug-likeness (QED) is 0.159. The van der Waals surface area contributed by atoms with Crippen LogP contribution in [-0.2, 0) is 9.59 Å². The maximum Gasteiger partial charge on any atom is 0.272 e. The van der Waals surface area contributed by atoms with E-state index in [4.69, 9.17) is 0 Å². The van der Waals surface area contributed by atoms with Gasteiger partial charge in [-0.1, -0.05) is 49.4 Å². The van der Waals surface area contributed by atoms with Gasteiger partial charge in [0, 0.05) is 34.2 Å². The molecule has 8 heteroatoms. The molecule has 202 valence electrons. The first kappa shape index (κ1) is 28.3. The number of hydrogen-bond donors (Lipinski definition) is 3. The number of nitrogens with zero attached hydrogens (tertiary/aromatic N) is 1. The highest BCUT2D eigenvalue weighted by molar-refractivity contribution is 8.00. The summed E-state index contributed by atoms with van der Waals surface area (Å²) in [5, 5.41) is 8.26. The maximum absolute atomic E-state index is 13.3. The molecule has 1 unspecified atom stereocenters. The average Bonchev–Trinajstić information content (AvgIpc) is 2.96. The third-order valence-corrected chi connectivity index (χ3v) is 7.20. The Morgan fingerprint density at radius 3 is 2.33 bits per heavy atom. The maximum atomic E-state index is 13.3. The van der Waals surface area contributed by atoms with E-state index in [-0.39, 0.29) is 16.9 Å². The summed E-state index contributed by atoms with van der Waals surface area (Å²) in [5.74, 6) is -0.974. The molecule has 0 radical (unpaired) electrons. The summed E-state index contributed by atoms with van der Waals surface area (Å²) in [6.45, 7) is 3.94. The zero-order chi connectivity index (χ0) is 28.3. The molecule has 7 nitrogen and oxygen atoms in total. The van der Waals surface area contributed by atoms with Crippen molar-refractivity contribution in [1.29, 1.82) is 0 Å². The number of anilines is 2. The molecule has 0 saturated heterocycles. The van der Waals surface area contributed by atoms with E-state index in [9.17, 15) is 14.4 Å². The van der Waals surface area contributed by atoms with Gasteiger partial charge in [-0.15, -0.1) is 11.8 Å². The van der Waals surface area contributed by atoms with Crippen LogP contribution in [0.25, 0.3) is 6.08 Å². The molecule has 1 heterocycles. The van der Waals surface area contributed by atoms with Crippen LogP contribution in [0, 0.1) is 6.92 Å². The van der Waals surface area contributed by atoms with E-state index >= 15 is 0 Å². The molecule has 0 aliphatic rings. The molecule has 0 saturated carbocycles. The van der Waals surface area contributed by atoms with E-state index < -0.39 is 11.8 Å². The molecule has 0 bridgehead atoms. The lowest BCUT2D eigenvalue weighted by Gasteiger charge is -2.16. The van der Waals surface area contributed by atoms with Crippen molar-refractivity contribution in [2.75, 3.05) is 10.6 Å². The molecule has 3 N–H and O–H groups in total. The number of amides is 3. The normalized spacial score (nSPS) is 11.8. The first-order valence-corrected chi connectivity index (χ1v) is 13.7. The zero-order valence-corrected chi connectivity index (χ0v) is 23.1. The zero-order valence-electron chi connectivity index (χ0n) is 22.3. The van der Waals surface area contributed by atoms with Crippen molar-refractivity contribution < 1.29 is 14.4 Å². The van der Waals surface area contributed by atoms with Crippen LogP contribution in [-0.4, -0.2) is 28.0 Å². The van der Waals surface area contributed by atoms with Crippen molar-refractivity contribution in [2.24, 2.45) is 0 Å². The molecule has 0 fully saturated rings. The Bertz CT molecular complexity index is 1510. The van der Waals surface area contributed by atoms with Gasteiger partial charge in [-0.2, -0.15) is 0 Å². The minimum atomic E-state index is -0.487. The molecule has 4 aromatic rings. The summed E-state index contributed by atoms with van der Waals surface area (Å²) in [6, 6.07) is 27.2. The molecule has 40 heavy (non-hydrogen) atoms. The van der Waals surface area contributed by atoms with Gasteiger partial charge in [0.05, 0.1) is 5.25 Å². The largest absolute Gasteiger partial charge is 0.325 e. The van der Waals surface area contributed by atoms with Gasteiger partial charge >= 0.3 is 0 Å². The number of hydrogen-bond acceptors (Lipinski definition) is 5. The van der Waals surface area contributed by atoms with E-state index in [0.717, 1.165) is 16.1 Å². The summed E-state index contributed by atoms with van der Waals surface area (Å²) >= 11 is 1.42. The first-order valence-electron chi connectivity index (χ1n) is 12.8. The summed E-state index contributed by atoms with van der Waals surface area (Å²) in [7, 11) is 0. The van der Waals surface area contributed by atoms with Crippen molar-refractivity contribution >= 4 is 46.9 Å². The van der Waals surface area contributed by atoms with Crippen LogP contribution in [0.2, 0.25) is 0 Å². The Morgan fingerprint density at radius 1 is 0.875 bits per heavy atom. The molecule has 4 rings (SSSR count). The van der Waals surface area contributed by atoms with E-state index in [0.29, 0.717) is 23.2 Å². The van der Waals surface area contributed by atoms with E-state index in [1.807, 2.05) is 62.4 Å². The van der Waals surface area contributed by atoms with Crippen molar-refractivity contribution in [3.63, 3.8) is 0 Å². The third-order valence-electron chi connectivity index (χ3n) is 5.84. The summed E-state index contributed by atoms with van der Waals surface area (Å²) in [4.78, 5) is 44.0. The van der Waals surface area contributed by atoms with Gasteiger partial charge < -0.3 is 16.0 Å². The first-order chi connectivity index (χ1) is 19.4. The second-order valence-electron chi connectivity index (χ2n) is 9.02. The van der Waals surface area contributed by atoms with Gasteiger partial charge in [-0.05, 0) is 79.1 Å². The van der Waals surface area contributed by atoms with Crippen LogP contribution < -0.4 is 16.0 Å². The average molecular weight is 551 g/mol. The minimum absolute atomic E-state index is 0.0730. The second-order valence-corrected chi connectivity index (χ2v) is 10.3. The van der Waals surface area contributed by atoms with Gasteiger partial charge in [0.25, 0.3) is 11.8 Å². The molecule has 0 spiro atoms. The fourth-order valence-corrected chi connectivity index (χ4v) is 4.86. The molecule has 0 aliphatic heterocycles. The minimum Gasteiger partial charge on any atom is -0.325 e. The van der Waals surface area contributed by atoms with Gasteiger partial charge in [-0.3, -0.25) is 19.4 Å². The Balaban J connectivity index is 1.48. The number of pyridine rings is 1. The summed E-state index contributed by atoms with van der Waals surface area (Å²) in [6.07, 6.45) is 5.44. The Labute approximate surface area is 238 Å². The number of benzene rings is 3. The fraction of sp³-hybridized carbons (Fsp3) is 0.125. The Kier molecular flexibility index (Phi) is 9.85. The second kappa shape index (κ2) is 13.9. The number of aromatic nitrogens is 1. The number of nitrogens with one attached hydrogen (secondary N) is 3. The lowest BCUT2D eigenvalue weighted by Crippen LogP contribution is -2.30. The lowest BCUT2D eigenvalue weighted by atomic mass is 10.2. The van der Waals surface area contributed by atoms with Crippen molar-refractivity contribution in [3.05, 3.63) is 126 Å². The Hall–Kier alpha value is -4.69. The molecule has 0 aliphatic carbocycles. The Morgan fingerprint density at radius 2 is 1.62 bits per heavy atom. The number of thioether (sulfide) groups is 1. The number of carbonyl (C=O) groups is 3. The predicted molar refractivity (Wildman–Crippen MR) is 161 cm³/mol. The lowest BCUT2D eigenvalue weighted by molar-refractivity contribution is -0.116. The van der Waals surface area contributed by atoms with Crippen LogP contribution in [0.5, 0.6) is 0 Å². The van der Waals surface area contributed by atoms with Gasteiger partial charge in [0.15, 0.2) is 0 Å². The molecule has 1 aromatic heterocycles. The van der Waals surface area contributed by atoms with E-state index in [1.54, 1.807) is 60.9 Å². The SMILES string of the molecule is CCC(Sc1cccc(NC(=O)/C(=C/c2cccnc2)NC(=O)c2ccccc2)c1)C(=O)Nc1cccc(C)c1. The standard InChI is InChI=1S/C32H30N4O3S/c1-3-29(32(39)35-25-14-7-10-22(2)18-25)40-27-16-8-15-26(20-27)34-31(38)28(19-23-11-9-17-33-21-23)36-30(37)24-12-5-4-6-13-24/h4-21,29H,3H2,1-2H3,(H,34,38)(H,35,39)(H,36,37)/b28-19-. The van der Waals surface area contributed by atoms with Crippen molar-refractivity contribution in [1.82, 2.24) is 10.3 Å². The van der Waals surface area contributed by atoms with Crippen LogP contribution in [0.3, 0.4) is 0 Å². The van der Waals surface area contributed by atoms with Crippen molar-refractivity contribution in [2.45, 2.75) is 30.4 Å². The van der Waals surface area contributed by atoms with Crippen LogP contribution in [0.4, 0.5) is 11.4 Å². The topological polar surface area (TPSA) is 100 Å². The predicted octanol–water partition coefficient (Wildman–Crippen LogP) is 6.31. The highest BCUT2D eigenvalue weighted by Gasteiger charge is 2.19. The fourth-order valence-electron chi connectivity index (χ4n) is 3.85. The van der Waals surface area contributed by atoms with Gasteiger partial charge in [-0.25, -0.2) is 0 Å². The number of carbonyl (C=O) groups excluding carboxylic acids is 3. The number of aryl methyl sites for hydroxylation is 1. The number of rotatable bonds is 10. The van der Waals surface area contributed by atoms with Crippen LogP contribution in [0.15, 0.2) is 114 Å². The highest BCUT2D eigenvalue weighted by Crippen LogP contribution is 2.29. The molecular formula is C32H30N4O3S. The highest BCUT2D eigenvalue weighted by atomic mass is 32.2. The monoisotopic (exact) mass is 550 g/mol. The third kappa shape index (κ3) is 8.15. The van der Waals surface area contributed by atoms with Gasteiger partial charge in [0.2, 0.25) is 5.91 Å². The van der Waals surface area contributed by atoms with E-state index in [2.05, 4.69) is 20.9 Å². The van der Waals surface area contributed by atoms with Crippen molar-refractivity contribution in [3.8, 4) is 0 Å². The van der Waals surface area contributed by atoms with E-state index in [1.165, 1.54) is 11.8 Å².